The number of halogens is 1. The van der Waals surface area contributed by atoms with E-state index in [1.54, 1.807) is 18.2 Å². The summed E-state index contributed by atoms with van der Waals surface area (Å²) in [6.07, 6.45) is 0. The second-order valence-electron chi connectivity index (χ2n) is 4.13. The maximum Gasteiger partial charge on any atom is 0.340 e. The van der Waals surface area contributed by atoms with Crippen molar-refractivity contribution in [2.75, 3.05) is 7.11 Å². The first-order valence-corrected chi connectivity index (χ1v) is 6.35. The van der Waals surface area contributed by atoms with E-state index in [0.717, 1.165) is 0 Å². The van der Waals surface area contributed by atoms with Crippen molar-refractivity contribution in [2.45, 2.75) is 6.92 Å². The van der Waals surface area contributed by atoms with Crippen LogP contribution in [-0.2, 0) is 0 Å². The maximum atomic E-state index is 11.4. The first-order valence-electron chi connectivity index (χ1n) is 5.56. The number of methoxy groups -OCH3 is 1. The molecule has 2 rings (SSSR count). The van der Waals surface area contributed by atoms with E-state index >= 15 is 0 Å². The molecule has 6 nitrogen and oxygen atoms in total. The van der Waals surface area contributed by atoms with E-state index in [-0.39, 0.29) is 22.6 Å². The van der Waals surface area contributed by atoms with Crippen molar-refractivity contribution < 1.29 is 19.6 Å². The highest BCUT2D eigenvalue weighted by atomic mass is 79.9. The lowest BCUT2D eigenvalue weighted by Crippen LogP contribution is -2.07. The molecule has 0 fully saturated rings. The number of rotatable bonds is 3. The Morgan fingerprint density at radius 2 is 2.05 bits per heavy atom. The Bertz CT molecular complexity index is 741. The van der Waals surface area contributed by atoms with Crippen molar-refractivity contribution in [1.82, 2.24) is 0 Å². The number of carboxylic acid groups (broad SMARTS) is 1. The fourth-order valence-corrected chi connectivity index (χ4v) is 2.60. The van der Waals surface area contributed by atoms with Gasteiger partial charge < -0.3 is 9.84 Å². The summed E-state index contributed by atoms with van der Waals surface area (Å²) < 4.78 is 5.84. The van der Waals surface area contributed by atoms with Crippen LogP contribution in [0, 0.1) is 17.0 Å². The Morgan fingerprint density at radius 1 is 1.40 bits per heavy atom. The molecule has 0 bridgehead atoms. The third-order valence-electron chi connectivity index (χ3n) is 3.04. The summed E-state index contributed by atoms with van der Waals surface area (Å²) in [6, 6.07) is 4.83. The SMILES string of the molecule is COc1c(C(=O)O)c(C)c([N+](=O)[O-])c2ccc(Br)cc12. The zero-order chi connectivity index (χ0) is 15.0. The number of carboxylic acids is 1. The van der Waals surface area contributed by atoms with Crippen LogP contribution in [0.3, 0.4) is 0 Å². The summed E-state index contributed by atoms with van der Waals surface area (Å²) >= 11 is 3.26. The van der Waals surface area contributed by atoms with Crippen LogP contribution in [0.5, 0.6) is 5.75 Å². The van der Waals surface area contributed by atoms with Gasteiger partial charge in [0.2, 0.25) is 0 Å². The second kappa shape index (κ2) is 5.09. The zero-order valence-corrected chi connectivity index (χ0v) is 12.2. The lowest BCUT2D eigenvalue weighted by Gasteiger charge is -2.13. The largest absolute Gasteiger partial charge is 0.495 e. The standard InChI is InChI=1S/C13H10BrNO5/c1-6-10(13(16)17)12(20-2)9-5-7(14)3-4-8(9)11(6)15(18)19/h3-5H,1-2H3,(H,16,17). The van der Waals surface area contributed by atoms with Crippen molar-refractivity contribution in [1.29, 1.82) is 0 Å². The molecule has 0 spiro atoms. The van der Waals surface area contributed by atoms with E-state index in [4.69, 9.17) is 4.74 Å². The van der Waals surface area contributed by atoms with Crippen molar-refractivity contribution in [3.05, 3.63) is 43.9 Å². The summed E-state index contributed by atoms with van der Waals surface area (Å²) in [5.74, 6) is -1.14. The number of hydrogen-bond donors (Lipinski definition) is 1. The number of nitro groups is 1. The first kappa shape index (κ1) is 14.3. The summed E-state index contributed by atoms with van der Waals surface area (Å²) in [5.41, 5.74) is -0.329. The molecule has 104 valence electrons. The van der Waals surface area contributed by atoms with Crippen LogP contribution in [0.2, 0.25) is 0 Å². The number of carbonyl (C=O) groups is 1. The Labute approximate surface area is 122 Å². The number of nitro benzene ring substituents is 1. The Kier molecular flexibility index (Phi) is 3.63. The third kappa shape index (κ3) is 2.09. The summed E-state index contributed by atoms with van der Waals surface area (Å²) in [5, 5.41) is 21.3. The van der Waals surface area contributed by atoms with Crippen LogP contribution in [0.25, 0.3) is 10.8 Å². The van der Waals surface area contributed by atoms with Gasteiger partial charge >= 0.3 is 5.97 Å². The molecule has 0 aliphatic heterocycles. The van der Waals surface area contributed by atoms with E-state index in [2.05, 4.69) is 15.9 Å². The Balaban J connectivity index is 3.09. The van der Waals surface area contributed by atoms with Gasteiger partial charge in [-0.25, -0.2) is 4.79 Å². The van der Waals surface area contributed by atoms with Gasteiger partial charge in [0.25, 0.3) is 5.69 Å². The van der Waals surface area contributed by atoms with Gasteiger partial charge in [0.1, 0.15) is 11.3 Å². The average molecular weight is 340 g/mol. The smallest absolute Gasteiger partial charge is 0.340 e. The molecule has 2 aromatic rings. The summed E-state index contributed by atoms with van der Waals surface area (Å²) in [4.78, 5) is 22.1. The number of benzene rings is 2. The number of ether oxygens (including phenoxy) is 1. The van der Waals surface area contributed by atoms with Gasteiger partial charge in [0.05, 0.1) is 17.4 Å². The molecule has 0 aliphatic carbocycles. The van der Waals surface area contributed by atoms with Gasteiger partial charge in [0.15, 0.2) is 0 Å². The highest BCUT2D eigenvalue weighted by Crippen LogP contribution is 2.41. The van der Waals surface area contributed by atoms with E-state index < -0.39 is 10.9 Å². The van der Waals surface area contributed by atoms with Crippen LogP contribution < -0.4 is 4.74 Å². The maximum absolute atomic E-state index is 11.4. The molecule has 0 aromatic heterocycles. The minimum Gasteiger partial charge on any atom is -0.495 e. The van der Waals surface area contributed by atoms with E-state index in [9.17, 15) is 20.0 Å². The average Bonchev–Trinajstić information content (AvgIpc) is 2.36. The predicted octanol–water partition coefficient (Wildman–Crippen LogP) is 3.53. The van der Waals surface area contributed by atoms with E-state index in [0.29, 0.717) is 15.2 Å². The molecule has 0 atom stereocenters. The molecule has 0 saturated heterocycles. The van der Waals surface area contributed by atoms with Crippen LogP contribution in [0.1, 0.15) is 15.9 Å². The van der Waals surface area contributed by atoms with Crippen LogP contribution >= 0.6 is 15.9 Å². The highest BCUT2D eigenvalue weighted by Gasteiger charge is 2.28. The topological polar surface area (TPSA) is 89.7 Å². The van der Waals surface area contributed by atoms with Gasteiger partial charge in [0, 0.05) is 15.4 Å². The third-order valence-corrected chi connectivity index (χ3v) is 3.53. The van der Waals surface area contributed by atoms with Gasteiger partial charge in [-0.15, -0.1) is 0 Å². The lowest BCUT2D eigenvalue weighted by atomic mass is 9.97. The minimum absolute atomic E-state index is 0.0779. The van der Waals surface area contributed by atoms with Crippen molar-refractivity contribution >= 4 is 38.4 Å². The lowest BCUT2D eigenvalue weighted by molar-refractivity contribution is -0.383. The zero-order valence-electron chi connectivity index (χ0n) is 10.6. The van der Waals surface area contributed by atoms with Gasteiger partial charge in [-0.2, -0.15) is 0 Å². The fourth-order valence-electron chi connectivity index (χ4n) is 2.24. The number of hydrogen-bond acceptors (Lipinski definition) is 4. The highest BCUT2D eigenvalue weighted by molar-refractivity contribution is 9.10. The van der Waals surface area contributed by atoms with Gasteiger partial charge in [-0.3, -0.25) is 10.1 Å². The monoisotopic (exact) mass is 339 g/mol. The molecule has 0 heterocycles. The van der Waals surface area contributed by atoms with Gasteiger partial charge in [-0.1, -0.05) is 15.9 Å². The van der Waals surface area contributed by atoms with Gasteiger partial charge in [-0.05, 0) is 25.1 Å². The second-order valence-corrected chi connectivity index (χ2v) is 5.05. The summed E-state index contributed by atoms with van der Waals surface area (Å²) in [6.45, 7) is 1.41. The molecular weight excluding hydrogens is 330 g/mol. The summed E-state index contributed by atoms with van der Waals surface area (Å²) in [7, 11) is 1.34. The van der Waals surface area contributed by atoms with Crippen LogP contribution in [0.15, 0.2) is 22.7 Å². The number of nitrogens with zero attached hydrogens (tertiary/aromatic N) is 1. The molecule has 0 amide bonds. The molecule has 1 N–H and O–H groups in total. The normalized spacial score (nSPS) is 10.6. The van der Waals surface area contributed by atoms with E-state index in [1.165, 1.54) is 14.0 Å². The van der Waals surface area contributed by atoms with E-state index in [1.807, 2.05) is 0 Å². The molecule has 0 aliphatic rings. The predicted molar refractivity (Wildman–Crippen MR) is 76.6 cm³/mol. The van der Waals surface area contributed by atoms with Crippen molar-refractivity contribution in [3.63, 3.8) is 0 Å². The minimum atomic E-state index is -1.26. The Morgan fingerprint density at radius 3 is 2.55 bits per heavy atom. The molecule has 0 radical (unpaired) electrons. The molecule has 7 heteroatoms. The van der Waals surface area contributed by atoms with Crippen LogP contribution in [0.4, 0.5) is 5.69 Å². The molecule has 20 heavy (non-hydrogen) atoms. The number of fused-ring (bicyclic) bond motifs is 1. The quantitative estimate of drug-likeness (QED) is 0.682. The molecule has 2 aromatic carbocycles. The first-order chi connectivity index (χ1) is 9.38. The van der Waals surface area contributed by atoms with Crippen molar-refractivity contribution in [2.24, 2.45) is 0 Å². The van der Waals surface area contributed by atoms with Crippen LogP contribution in [-0.4, -0.2) is 23.1 Å². The Hall–Kier alpha value is -2.15. The number of aromatic carboxylic acids is 1. The molecular formula is C13H10BrNO5. The van der Waals surface area contributed by atoms with Crippen molar-refractivity contribution in [3.8, 4) is 5.75 Å². The molecule has 0 unspecified atom stereocenters. The fraction of sp³-hybridized carbons (Fsp3) is 0.154. The molecule has 0 saturated carbocycles.